The van der Waals surface area contributed by atoms with Crippen molar-refractivity contribution in [2.24, 2.45) is 0 Å². The second-order valence-corrected chi connectivity index (χ2v) is 3.22. The van der Waals surface area contributed by atoms with E-state index in [1.54, 1.807) is 6.20 Å². The first-order valence-electron chi connectivity index (χ1n) is 4.15. The Hall–Kier alpha value is -1.58. The zero-order chi connectivity index (χ0) is 9.42. The van der Waals surface area contributed by atoms with Gasteiger partial charge >= 0.3 is 5.97 Å². The van der Waals surface area contributed by atoms with Gasteiger partial charge < -0.3 is 9.67 Å². The van der Waals surface area contributed by atoms with Gasteiger partial charge in [0, 0.05) is 30.1 Å². The van der Waals surface area contributed by atoms with E-state index in [1.165, 1.54) is 6.08 Å². The van der Waals surface area contributed by atoms with E-state index in [0.717, 1.165) is 17.8 Å². The molecule has 13 heavy (non-hydrogen) atoms. The molecule has 0 aromatic carbocycles. The first-order valence-corrected chi connectivity index (χ1v) is 4.15. The van der Waals surface area contributed by atoms with E-state index in [9.17, 15) is 4.79 Å². The maximum Gasteiger partial charge on any atom is 0.328 e. The molecule has 4 nitrogen and oxygen atoms in total. The van der Waals surface area contributed by atoms with Crippen LogP contribution in [0.1, 0.15) is 25.2 Å². The molecule has 0 fully saturated rings. The van der Waals surface area contributed by atoms with Crippen molar-refractivity contribution in [1.29, 1.82) is 0 Å². The fourth-order valence-corrected chi connectivity index (χ4v) is 1.70. The van der Waals surface area contributed by atoms with Crippen molar-refractivity contribution in [1.82, 2.24) is 9.55 Å². The maximum absolute atomic E-state index is 10.5. The molecule has 0 saturated carbocycles. The van der Waals surface area contributed by atoms with Gasteiger partial charge in [0.25, 0.3) is 0 Å². The molecule has 1 aromatic rings. The molecule has 1 aliphatic heterocycles. The Morgan fingerprint density at radius 3 is 3.31 bits per heavy atom. The largest absolute Gasteiger partial charge is 0.478 e. The van der Waals surface area contributed by atoms with Gasteiger partial charge in [0.1, 0.15) is 5.82 Å². The minimum Gasteiger partial charge on any atom is -0.478 e. The lowest BCUT2D eigenvalue weighted by Gasteiger charge is -2.01. The number of rotatable bonds is 1. The highest BCUT2D eigenvalue weighted by Crippen LogP contribution is 2.33. The SMILES string of the molecule is CC1C/C(=C/C(=O)O)c2nccn21. The third-order valence-electron chi connectivity index (χ3n) is 2.24. The smallest absolute Gasteiger partial charge is 0.328 e. The fourth-order valence-electron chi connectivity index (χ4n) is 1.70. The predicted octanol–water partition coefficient (Wildman–Crippen LogP) is 1.32. The summed E-state index contributed by atoms with van der Waals surface area (Å²) in [5.41, 5.74) is 0.810. The molecule has 4 heteroatoms. The van der Waals surface area contributed by atoms with Crippen LogP contribution >= 0.6 is 0 Å². The number of hydrogen-bond donors (Lipinski definition) is 1. The van der Waals surface area contributed by atoms with Crippen LogP contribution in [0.2, 0.25) is 0 Å². The Balaban J connectivity index is 2.44. The van der Waals surface area contributed by atoms with E-state index in [4.69, 9.17) is 5.11 Å². The Kier molecular flexibility index (Phi) is 1.69. The van der Waals surface area contributed by atoms with Crippen molar-refractivity contribution < 1.29 is 9.90 Å². The van der Waals surface area contributed by atoms with Gasteiger partial charge in [0.2, 0.25) is 0 Å². The summed E-state index contributed by atoms with van der Waals surface area (Å²) in [6, 6.07) is 0.322. The summed E-state index contributed by atoms with van der Waals surface area (Å²) in [5.74, 6) is -0.117. The number of imidazole rings is 1. The number of allylic oxidation sites excluding steroid dienone is 1. The number of carboxylic acids is 1. The summed E-state index contributed by atoms with van der Waals surface area (Å²) in [4.78, 5) is 14.6. The summed E-state index contributed by atoms with van der Waals surface area (Å²) in [6.07, 6.45) is 5.57. The standard InChI is InChI=1S/C9H10N2O2/c1-6-4-7(5-8(12)13)9-10-2-3-11(6)9/h2-3,5-6H,4H2,1H3,(H,12,13)/b7-5-. The van der Waals surface area contributed by atoms with Crippen molar-refractivity contribution >= 4 is 11.5 Å². The first-order chi connectivity index (χ1) is 6.18. The third kappa shape index (κ3) is 1.24. The van der Waals surface area contributed by atoms with Crippen molar-refractivity contribution in [3.63, 3.8) is 0 Å². The van der Waals surface area contributed by atoms with Gasteiger partial charge in [-0.1, -0.05) is 0 Å². The molecular weight excluding hydrogens is 168 g/mol. The van der Waals surface area contributed by atoms with Gasteiger partial charge in [-0.3, -0.25) is 0 Å². The van der Waals surface area contributed by atoms with Crippen LogP contribution in [0.25, 0.3) is 5.57 Å². The van der Waals surface area contributed by atoms with E-state index in [2.05, 4.69) is 4.98 Å². The minimum atomic E-state index is -0.904. The number of aromatic nitrogens is 2. The van der Waals surface area contributed by atoms with Crippen LogP contribution in [0, 0.1) is 0 Å². The fraction of sp³-hybridized carbons (Fsp3) is 0.333. The van der Waals surface area contributed by atoms with Crippen LogP contribution in [0.3, 0.4) is 0 Å². The van der Waals surface area contributed by atoms with E-state index in [1.807, 2.05) is 17.7 Å². The average Bonchev–Trinajstić information content (AvgIpc) is 2.56. The molecule has 1 aromatic heterocycles. The lowest BCUT2D eigenvalue weighted by atomic mass is 10.1. The molecule has 0 aliphatic carbocycles. The number of aliphatic carboxylic acids is 1. The van der Waals surface area contributed by atoms with E-state index >= 15 is 0 Å². The Morgan fingerprint density at radius 2 is 2.62 bits per heavy atom. The number of hydrogen-bond acceptors (Lipinski definition) is 2. The molecule has 1 atom stereocenters. The van der Waals surface area contributed by atoms with Gasteiger partial charge in [-0.25, -0.2) is 9.78 Å². The molecular formula is C9H10N2O2. The lowest BCUT2D eigenvalue weighted by molar-refractivity contribution is -0.131. The Morgan fingerprint density at radius 1 is 1.85 bits per heavy atom. The van der Waals surface area contributed by atoms with E-state index < -0.39 is 5.97 Å². The molecule has 0 saturated heterocycles. The second-order valence-electron chi connectivity index (χ2n) is 3.22. The zero-order valence-corrected chi connectivity index (χ0v) is 7.27. The lowest BCUT2D eigenvalue weighted by Crippen LogP contribution is -1.95. The van der Waals surface area contributed by atoms with Crippen molar-refractivity contribution in [3.8, 4) is 0 Å². The van der Waals surface area contributed by atoms with Crippen LogP contribution in [-0.4, -0.2) is 20.6 Å². The molecule has 0 spiro atoms. The number of fused-ring (bicyclic) bond motifs is 1. The topological polar surface area (TPSA) is 55.1 Å². The monoisotopic (exact) mass is 178 g/mol. The highest BCUT2D eigenvalue weighted by Gasteiger charge is 2.23. The van der Waals surface area contributed by atoms with Gasteiger partial charge in [-0.15, -0.1) is 0 Å². The molecule has 2 heterocycles. The quantitative estimate of drug-likeness (QED) is 0.660. The summed E-state index contributed by atoms with van der Waals surface area (Å²) < 4.78 is 1.99. The van der Waals surface area contributed by atoms with Gasteiger partial charge in [0.15, 0.2) is 0 Å². The summed E-state index contributed by atoms with van der Waals surface area (Å²) in [7, 11) is 0. The van der Waals surface area contributed by atoms with Crippen LogP contribution in [0.4, 0.5) is 0 Å². The summed E-state index contributed by atoms with van der Waals surface area (Å²) in [5, 5.41) is 8.61. The van der Waals surface area contributed by atoms with E-state index in [0.29, 0.717) is 6.04 Å². The molecule has 1 unspecified atom stereocenters. The van der Waals surface area contributed by atoms with Crippen LogP contribution in [0.5, 0.6) is 0 Å². The molecule has 1 aliphatic rings. The van der Waals surface area contributed by atoms with Crippen LogP contribution in [-0.2, 0) is 4.79 Å². The first kappa shape index (κ1) is 8.04. The highest BCUT2D eigenvalue weighted by molar-refractivity contribution is 5.89. The molecule has 68 valence electrons. The Bertz CT molecular complexity index is 379. The number of carbonyl (C=O) groups is 1. The third-order valence-corrected chi connectivity index (χ3v) is 2.24. The van der Waals surface area contributed by atoms with Gasteiger partial charge in [0.05, 0.1) is 0 Å². The van der Waals surface area contributed by atoms with Gasteiger partial charge in [-0.05, 0) is 13.3 Å². The second kappa shape index (κ2) is 2.73. The van der Waals surface area contributed by atoms with Crippen molar-refractivity contribution in [3.05, 3.63) is 24.3 Å². The molecule has 0 radical (unpaired) electrons. The normalized spacial score (nSPS) is 23.5. The highest BCUT2D eigenvalue weighted by atomic mass is 16.4. The van der Waals surface area contributed by atoms with Gasteiger partial charge in [-0.2, -0.15) is 0 Å². The van der Waals surface area contributed by atoms with Crippen molar-refractivity contribution in [2.75, 3.05) is 0 Å². The van der Waals surface area contributed by atoms with E-state index in [-0.39, 0.29) is 0 Å². The number of nitrogens with zero attached hydrogens (tertiary/aromatic N) is 2. The number of carboxylic acid groups (broad SMARTS) is 1. The summed E-state index contributed by atoms with van der Waals surface area (Å²) in [6.45, 7) is 2.05. The minimum absolute atomic E-state index is 0.322. The molecule has 0 bridgehead atoms. The molecule has 0 amide bonds. The molecule has 2 rings (SSSR count). The van der Waals surface area contributed by atoms with Crippen molar-refractivity contribution in [2.45, 2.75) is 19.4 Å². The Labute approximate surface area is 75.5 Å². The zero-order valence-electron chi connectivity index (χ0n) is 7.27. The molecule has 1 N–H and O–H groups in total. The van der Waals surface area contributed by atoms with Crippen LogP contribution in [0.15, 0.2) is 18.5 Å². The predicted molar refractivity (Wildman–Crippen MR) is 47.2 cm³/mol. The average molecular weight is 178 g/mol. The summed E-state index contributed by atoms with van der Waals surface area (Å²) >= 11 is 0. The maximum atomic E-state index is 10.5. The van der Waals surface area contributed by atoms with Crippen LogP contribution < -0.4 is 0 Å².